The number of rotatable bonds is 5. The van der Waals surface area contributed by atoms with Gasteiger partial charge in [0.15, 0.2) is 10.6 Å². The Morgan fingerprint density at radius 3 is 2.48 bits per heavy atom. The van der Waals surface area contributed by atoms with E-state index in [1.54, 1.807) is 0 Å². The van der Waals surface area contributed by atoms with Crippen LogP contribution in [0, 0.1) is 24.0 Å². The molecule has 8 heteroatoms. The smallest absolute Gasteiger partial charge is 0.311 e. The molecule has 1 heterocycles. The first kappa shape index (κ1) is 20.5. The van der Waals surface area contributed by atoms with Crippen molar-refractivity contribution in [2.45, 2.75) is 27.3 Å². The Balaban J connectivity index is 2.08. The summed E-state index contributed by atoms with van der Waals surface area (Å²) in [7, 11) is 1.35. The average molecular weight is 411 g/mol. The Bertz CT molecular complexity index is 1140. The number of benzene rings is 2. The van der Waals surface area contributed by atoms with Crippen LogP contribution in [-0.2, 0) is 6.54 Å². The molecular weight excluding hydrogens is 390 g/mol. The van der Waals surface area contributed by atoms with E-state index in [4.69, 9.17) is 4.74 Å². The van der Waals surface area contributed by atoms with Crippen LogP contribution in [0.2, 0.25) is 0 Å². The molecule has 0 radical (unpaired) electrons. The van der Waals surface area contributed by atoms with E-state index >= 15 is 0 Å². The highest BCUT2D eigenvalue weighted by Crippen LogP contribution is 2.28. The van der Waals surface area contributed by atoms with Gasteiger partial charge in [-0.2, -0.15) is 4.99 Å². The summed E-state index contributed by atoms with van der Waals surface area (Å²) >= 11 is 1.42. The topological polar surface area (TPSA) is 86.7 Å². The Hall–Kier alpha value is -3.26. The molecule has 0 bridgehead atoms. The van der Waals surface area contributed by atoms with Crippen LogP contribution in [0.3, 0.4) is 0 Å². The number of thiazole rings is 1. The third kappa shape index (κ3) is 4.12. The maximum absolute atomic E-state index is 12.7. The minimum atomic E-state index is -0.577. The second-order valence-electron chi connectivity index (χ2n) is 6.46. The Morgan fingerprint density at radius 1 is 1.21 bits per heavy atom. The molecule has 0 saturated heterocycles. The highest BCUT2D eigenvalue weighted by molar-refractivity contribution is 7.09. The molecular formula is C21H21N3O4S. The SMILES string of the molecule is CCn1c(-c2ccc(C)cc2)c(C)sc1=NC(=O)c1ccc(OC)c([N+](=O)[O-])c1. The van der Waals surface area contributed by atoms with E-state index in [2.05, 4.69) is 17.1 Å². The molecule has 0 aliphatic heterocycles. The van der Waals surface area contributed by atoms with Crippen molar-refractivity contribution in [2.24, 2.45) is 4.99 Å². The van der Waals surface area contributed by atoms with E-state index in [9.17, 15) is 14.9 Å². The predicted molar refractivity (Wildman–Crippen MR) is 112 cm³/mol. The highest BCUT2D eigenvalue weighted by atomic mass is 32.1. The van der Waals surface area contributed by atoms with Crippen LogP contribution in [0.1, 0.15) is 27.7 Å². The van der Waals surface area contributed by atoms with Crippen LogP contribution in [0.4, 0.5) is 5.69 Å². The number of nitro groups is 1. The number of aromatic nitrogens is 1. The molecule has 0 fully saturated rings. The van der Waals surface area contributed by atoms with Crippen molar-refractivity contribution in [1.29, 1.82) is 0 Å². The van der Waals surface area contributed by atoms with E-state index in [-0.39, 0.29) is 17.0 Å². The van der Waals surface area contributed by atoms with Gasteiger partial charge in [-0.05, 0) is 38.5 Å². The van der Waals surface area contributed by atoms with Crippen molar-refractivity contribution < 1.29 is 14.5 Å². The summed E-state index contributed by atoms with van der Waals surface area (Å²) in [5, 5.41) is 11.2. The summed E-state index contributed by atoms with van der Waals surface area (Å²) in [6.45, 7) is 6.66. The second-order valence-corrected chi connectivity index (χ2v) is 7.64. The van der Waals surface area contributed by atoms with Gasteiger partial charge in [-0.25, -0.2) is 0 Å². The summed E-state index contributed by atoms with van der Waals surface area (Å²) in [4.78, 5) is 29.2. The fourth-order valence-corrected chi connectivity index (χ4v) is 4.15. The average Bonchev–Trinajstić information content (AvgIpc) is 3.02. The molecule has 1 aromatic heterocycles. The number of methoxy groups -OCH3 is 1. The van der Waals surface area contributed by atoms with E-state index in [0.717, 1.165) is 16.1 Å². The van der Waals surface area contributed by atoms with Gasteiger partial charge in [0.1, 0.15) is 0 Å². The van der Waals surface area contributed by atoms with Crippen LogP contribution in [0.25, 0.3) is 11.3 Å². The molecule has 0 spiro atoms. The van der Waals surface area contributed by atoms with Gasteiger partial charge in [0, 0.05) is 23.1 Å². The van der Waals surface area contributed by atoms with Crippen molar-refractivity contribution in [2.75, 3.05) is 7.11 Å². The molecule has 3 aromatic rings. The van der Waals surface area contributed by atoms with Gasteiger partial charge in [0.2, 0.25) is 0 Å². The van der Waals surface area contributed by atoms with Gasteiger partial charge in [-0.15, -0.1) is 11.3 Å². The summed E-state index contributed by atoms with van der Waals surface area (Å²) in [6.07, 6.45) is 0. The van der Waals surface area contributed by atoms with Gasteiger partial charge in [0.25, 0.3) is 5.91 Å². The van der Waals surface area contributed by atoms with Crippen LogP contribution < -0.4 is 9.54 Å². The molecule has 0 aliphatic carbocycles. The quantitative estimate of drug-likeness (QED) is 0.456. The zero-order valence-corrected chi connectivity index (χ0v) is 17.4. The predicted octanol–water partition coefficient (Wildman–Crippen LogP) is 4.51. The summed E-state index contributed by atoms with van der Waals surface area (Å²) in [6, 6.07) is 12.3. The van der Waals surface area contributed by atoms with E-state index in [1.807, 2.05) is 37.5 Å². The number of nitro benzene ring substituents is 1. The van der Waals surface area contributed by atoms with Gasteiger partial charge in [-0.1, -0.05) is 29.8 Å². The summed E-state index contributed by atoms with van der Waals surface area (Å²) in [5.74, 6) is -0.432. The third-order valence-corrected chi connectivity index (χ3v) is 5.53. The fraction of sp³-hybridized carbons (Fsp3) is 0.238. The molecule has 29 heavy (non-hydrogen) atoms. The molecule has 0 unspecified atom stereocenters. The number of amides is 1. The van der Waals surface area contributed by atoms with Crippen molar-refractivity contribution in [3.05, 3.63) is 73.4 Å². The molecule has 3 rings (SSSR count). The number of carbonyl (C=O) groups is 1. The van der Waals surface area contributed by atoms with Crippen LogP contribution >= 0.6 is 11.3 Å². The first-order valence-electron chi connectivity index (χ1n) is 9.04. The molecule has 0 N–H and O–H groups in total. The zero-order valence-electron chi connectivity index (χ0n) is 16.6. The van der Waals surface area contributed by atoms with Crippen molar-refractivity contribution in [1.82, 2.24) is 4.57 Å². The van der Waals surface area contributed by atoms with E-state index in [1.165, 1.54) is 42.2 Å². The van der Waals surface area contributed by atoms with Crippen LogP contribution in [0.5, 0.6) is 5.75 Å². The first-order chi connectivity index (χ1) is 13.8. The number of carbonyl (C=O) groups excluding carboxylic acids is 1. The molecule has 7 nitrogen and oxygen atoms in total. The lowest BCUT2D eigenvalue weighted by atomic mass is 10.1. The summed E-state index contributed by atoms with van der Waals surface area (Å²) < 4.78 is 6.97. The Labute approximate surface area is 172 Å². The zero-order chi connectivity index (χ0) is 21.1. The fourth-order valence-electron chi connectivity index (χ4n) is 3.09. The standard InChI is InChI=1S/C21H21N3O4S/c1-5-23-19(15-8-6-13(2)7-9-15)14(3)29-21(23)22-20(25)16-10-11-18(28-4)17(12-16)24(26)27/h6-12H,5H2,1-4H3. The van der Waals surface area contributed by atoms with E-state index < -0.39 is 10.8 Å². The Morgan fingerprint density at radius 2 is 1.90 bits per heavy atom. The monoisotopic (exact) mass is 411 g/mol. The molecule has 150 valence electrons. The second kappa shape index (κ2) is 8.40. The normalized spacial score (nSPS) is 11.5. The highest BCUT2D eigenvalue weighted by Gasteiger charge is 2.19. The lowest BCUT2D eigenvalue weighted by molar-refractivity contribution is -0.385. The Kier molecular flexibility index (Phi) is 5.93. The summed E-state index contributed by atoms with van der Waals surface area (Å²) in [5.41, 5.74) is 3.12. The van der Waals surface area contributed by atoms with Gasteiger partial charge in [-0.3, -0.25) is 14.9 Å². The number of hydrogen-bond acceptors (Lipinski definition) is 5. The molecule has 2 aromatic carbocycles. The van der Waals surface area contributed by atoms with Crippen molar-refractivity contribution >= 4 is 22.9 Å². The minimum absolute atomic E-state index is 0.101. The first-order valence-corrected chi connectivity index (χ1v) is 9.86. The third-order valence-electron chi connectivity index (χ3n) is 4.54. The largest absolute Gasteiger partial charge is 0.490 e. The number of nitrogens with zero attached hydrogens (tertiary/aromatic N) is 3. The number of ether oxygens (including phenoxy) is 1. The lowest BCUT2D eigenvalue weighted by Crippen LogP contribution is -2.17. The van der Waals surface area contributed by atoms with Crippen LogP contribution in [0.15, 0.2) is 47.5 Å². The minimum Gasteiger partial charge on any atom is -0.490 e. The lowest BCUT2D eigenvalue weighted by Gasteiger charge is -2.08. The molecule has 0 aliphatic rings. The van der Waals surface area contributed by atoms with E-state index in [0.29, 0.717) is 11.3 Å². The number of hydrogen-bond donors (Lipinski definition) is 0. The maximum Gasteiger partial charge on any atom is 0.311 e. The number of aryl methyl sites for hydroxylation is 2. The van der Waals surface area contributed by atoms with Crippen molar-refractivity contribution in [3.8, 4) is 17.0 Å². The molecule has 0 saturated carbocycles. The van der Waals surface area contributed by atoms with Crippen molar-refractivity contribution in [3.63, 3.8) is 0 Å². The van der Waals surface area contributed by atoms with Gasteiger partial charge in [0.05, 0.1) is 17.7 Å². The van der Waals surface area contributed by atoms with Gasteiger partial charge < -0.3 is 9.30 Å². The molecule has 1 amide bonds. The maximum atomic E-state index is 12.7. The van der Waals surface area contributed by atoms with Crippen LogP contribution in [-0.4, -0.2) is 22.5 Å². The van der Waals surface area contributed by atoms with Gasteiger partial charge >= 0.3 is 5.69 Å². The molecule has 0 atom stereocenters.